The monoisotopic (exact) mass is 447 g/mol. The van der Waals surface area contributed by atoms with E-state index < -0.39 is 11.9 Å². The highest BCUT2D eigenvalue weighted by Gasteiger charge is 2.45. The Labute approximate surface area is 187 Å². The number of carbonyl (C=O) groups excluding carboxylic acids is 1. The summed E-state index contributed by atoms with van der Waals surface area (Å²) in [5.41, 5.74) is 2.01. The van der Waals surface area contributed by atoms with E-state index in [2.05, 4.69) is 13.8 Å². The van der Waals surface area contributed by atoms with Crippen molar-refractivity contribution in [2.24, 2.45) is 5.92 Å². The third-order valence-corrected chi connectivity index (χ3v) is 6.56. The highest BCUT2D eigenvalue weighted by atomic mass is 35.5. The Morgan fingerprint density at radius 2 is 1.73 bits per heavy atom. The number of amides is 1. The van der Waals surface area contributed by atoms with E-state index in [1.54, 1.807) is 0 Å². The zero-order valence-corrected chi connectivity index (χ0v) is 18.7. The number of piperidine rings is 1. The maximum Gasteiger partial charge on any atom is 0.304 e. The minimum Gasteiger partial charge on any atom is -0.481 e. The molecule has 4 nitrogen and oxygen atoms in total. The van der Waals surface area contributed by atoms with E-state index >= 15 is 0 Å². The first-order chi connectivity index (χ1) is 14.3. The standard InChI is InChI=1S/C24H27Cl2NO3/c1-3-20(4-2)27-23(15-8-10-18(25)11-9-15)21(16-6-5-7-19(26)12-16)13-17(24(27)30)14-22(28)29/h5-12,17,20-21,23H,3-4,13-14H2,1-2H3,(H,28,29)/t17-,21+,23+/m0/s1. The van der Waals surface area contributed by atoms with Crippen LogP contribution in [0.3, 0.4) is 0 Å². The number of nitrogens with zero attached hydrogens (tertiary/aromatic N) is 1. The SMILES string of the molecule is CCC(CC)N1C(=O)[C@H](CC(=O)O)C[C@H](c2cccc(Cl)c2)[C@H]1c1ccc(Cl)cc1. The zero-order chi connectivity index (χ0) is 21.8. The van der Waals surface area contributed by atoms with Crippen molar-refractivity contribution in [3.8, 4) is 0 Å². The number of halogens is 2. The number of hydrogen-bond acceptors (Lipinski definition) is 2. The number of hydrogen-bond donors (Lipinski definition) is 1. The Morgan fingerprint density at radius 3 is 2.30 bits per heavy atom. The number of rotatable bonds is 7. The van der Waals surface area contributed by atoms with Crippen molar-refractivity contribution in [2.45, 2.75) is 57.5 Å². The molecule has 1 heterocycles. The van der Waals surface area contributed by atoms with Gasteiger partial charge in [0.15, 0.2) is 0 Å². The molecule has 0 saturated carbocycles. The summed E-state index contributed by atoms with van der Waals surface area (Å²) in [6, 6.07) is 15.1. The zero-order valence-electron chi connectivity index (χ0n) is 17.2. The molecule has 6 heteroatoms. The van der Waals surface area contributed by atoms with E-state index in [4.69, 9.17) is 23.2 Å². The lowest BCUT2D eigenvalue weighted by atomic mass is 9.74. The average molecular weight is 448 g/mol. The number of likely N-dealkylation sites (tertiary alicyclic amines) is 1. The summed E-state index contributed by atoms with van der Waals surface area (Å²) < 4.78 is 0. The van der Waals surface area contributed by atoms with E-state index in [0.717, 1.165) is 24.0 Å². The number of aliphatic carboxylic acids is 1. The molecule has 1 saturated heterocycles. The van der Waals surface area contributed by atoms with Gasteiger partial charge in [0.25, 0.3) is 0 Å². The molecule has 0 bridgehead atoms. The lowest BCUT2D eigenvalue weighted by Crippen LogP contribution is -2.51. The van der Waals surface area contributed by atoms with Crippen LogP contribution in [0.5, 0.6) is 0 Å². The first kappa shape index (κ1) is 22.6. The summed E-state index contributed by atoms with van der Waals surface area (Å²) in [4.78, 5) is 27.0. The molecule has 2 aromatic rings. The highest BCUT2D eigenvalue weighted by Crippen LogP contribution is 2.47. The van der Waals surface area contributed by atoms with E-state index in [9.17, 15) is 14.7 Å². The second-order valence-electron chi connectivity index (χ2n) is 7.90. The number of carboxylic acids is 1. The first-order valence-corrected chi connectivity index (χ1v) is 11.2. The Balaban J connectivity index is 2.16. The molecule has 0 aliphatic carbocycles. The van der Waals surface area contributed by atoms with Gasteiger partial charge in [0.05, 0.1) is 12.5 Å². The molecule has 1 aliphatic rings. The molecule has 30 heavy (non-hydrogen) atoms. The summed E-state index contributed by atoms with van der Waals surface area (Å²) in [5.74, 6) is -1.65. The number of carboxylic acid groups (broad SMARTS) is 1. The summed E-state index contributed by atoms with van der Waals surface area (Å²) in [7, 11) is 0. The Kier molecular flexibility index (Phi) is 7.43. The smallest absolute Gasteiger partial charge is 0.304 e. The van der Waals surface area contributed by atoms with Crippen molar-refractivity contribution in [1.29, 1.82) is 0 Å². The quantitative estimate of drug-likeness (QED) is 0.539. The third kappa shape index (κ3) is 4.81. The largest absolute Gasteiger partial charge is 0.481 e. The molecule has 1 N–H and O–H groups in total. The molecule has 2 aromatic carbocycles. The molecule has 0 aromatic heterocycles. The van der Waals surface area contributed by atoms with Crippen LogP contribution in [0, 0.1) is 5.92 Å². The molecule has 3 atom stereocenters. The van der Waals surface area contributed by atoms with Gasteiger partial charge in [-0.2, -0.15) is 0 Å². The van der Waals surface area contributed by atoms with Gasteiger partial charge >= 0.3 is 5.97 Å². The van der Waals surface area contributed by atoms with Crippen LogP contribution in [0.25, 0.3) is 0 Å². The van der Waals surface area contributed by atoms with Crippen molar-refractivity contribution in [1.82, 2.24) is 4.90 Å². The summed E-state index contributed by atoms with van der Waals surface area (Å²) in [5, 5.41) is 10.7. The van der Waals surface area contributed by atoms with E-state index in [1.165, 1.54) is 0 Å². The molecule has 0 spiro atoms. The van der Waals surface area contributed by atoms with Crippen LogP contribution < -0.4 is 0 Å². The van der Waals surface area contributed by atoms with Crippen molar-refractivity contribution >= 4 is 35.1 Å². The maximum absolute atomic E-state index is 13.5. The number of carbonyl (C=O) groups is 2. The molecule has 1 amide bonds. The summed E-state index contributed by atoms with van der Waals surface area (Å²) in [6.07, 6.45) is 1.90. The van der Waals surface area contributed by atoms with Crippen molar-refractivity contribution in [3.63, 3.8) is 0 Å². The van der Waals surface area contributed by atoms with Crippen LogP contribution in [-0.2, 0) is 9.59 Å². The van der Waals surface area contributed by atoms with Crippen molar-refractivity contribution < 1.29 is 14.7 Å². The van der Waals surface area contributed by atoms with Crippen molar-refractivity contribution in [2.75, 3.05) is 0 Å². The van der Waals surface area contributed by atoms with Crippen LogP contribution in [0.15, 0.2) is 48.5 Å². The molecule has 1 aliphatic heterocycles. The molecule has 0 radical (unpaired) electrons. The minimum absolute atomic E-state index is 0.0245. The molecular weight excluding hydrogens is 421 g/mol. The van der Waals surface area contributed by atoms with Gasteiger partial charge in [0.2, 0.25) is 5.91 Å². The minimum atomic E-state index is -0.951. The Hall–Kier alpha value is -2.04. The predicted molar refractivity (Wildman–Crippen MR) is 120 cm³/mol. The third-order valence-electron chi connectivity index (χ3n) is 6.07. The topological polar surface area (TPSA) is 57.6 Å². The van der Waals surface area contributed by atoms with Gasteiger partial charge in [0.1, 0.15) is 0 Å². The fraction of sp³-hybridized carbons (Fsp3) is 0.417. The average Bonchev–Trinajstić information content (AvgIpc) is 2.71. The van der Waals surface area contributed by atoms with Gasteiger partial charge in [-0.1, -0.05) is 61.3 Å². The molecule has 3 rings (SSSR count). The fourth-order valence-corrected chi connectivity index (χ4v) is 4.98. The van der Waals surface area contributed by atoms with Crippen LogP contribution in [0.2, 0.25) is 10.0 Å². The van der Waals surface area contributed by atoms with Gasteiger partial charge < -0.3 is 10.0 Å². The van der Waals surface area contributed by atoms with Gasteiger partial charge in [-0.05, 0) is 54.7 Å². The van der Waals surface area contributed by atoms with Gasteiger partial charge in [-0.3, -0.25) is 9.59 Å². The lowest BCUT2D eigenvalue weighted by Gasteiger charge is -2.48. The number of benzene rings is 2. The predicted octanol–water partition coefficient (Wildman–Crippen LogP) is 6.33. The van der Waals surface area contributed by atoms with Crippen LogP contribution in [-0.4, -0.2) is 27.9 Å². The van der Waals surface area contributed by atoms with Gasteiger partial charge in [-0.15, -0.1) is 0 Å². The molecular formula is C24H27Cl2NO3. The molecule has 0 unspecified atom stereocenters. The van der Waals surface area contributed by atoms with Crippen molar-refractivity contribution in [3.05, 3.63) is 69.7 Å². The second-order valence-corrected chi connectivity index (χ2v) is 8.78. The molecule has 1 fully saturated rings. The van der Waals surface area contributed by atoms with E-state index in [1.807, 2.05) is 53.4 Å². The van der Waals surface area contributed by atoms with Crippen LogP contribution in [0.4, 0.5) is 0 Å². The Bertz CT molecular complexity index is 896. The van der Waals surface area contributed by atoms with Gasteiger partial charge in [0, 0.05) is 27.9 Å². The van der Waals surface area contributed by atoms with Crippen LogP contribution >= 0.6 is 23.2 Å². The lowest BCUT2D eigenvalue weighted by molar-refractivity contribution is -0.152. The normalized spacial score (nSPS) is 21.8. The fourth-order valence-electron chi connectivity index (χ4n) is 4.66. The summed E-state index contributed by atoms with van der Waals surface area (Å²) in [6.45, 7) is 4.13. The second kappa shape index (κ2) is 9.84. The highest BCUT2D eigenvalue weighted by molar-refractivity contribution is 6.30. The summed E-state index contributed by atoms with van der Waals surface area (Å²) >= 11 is 12.4. The molecule has 160 valence electrons. The first-order valence-electron chi connectivity index (χ1n) is 10.4. The van der Waals surface area contributed by atoms with E-state index in [0.29, 0.717) is 16.5 Å². The van der Waals surface area contributed by atoms with E-state index in [-0.39, 0.29) is 30.3 Å². The van der Waals surface area contributed by atoms with Gasteiger partial charge in [-0.25, -0.2) is 0 Å². The Morgan fingerprint density at radius 1 is 1.07 bits per heavy atom. The maximum atomic E-state index is 13.5. The van der Waals surface area contributed by atoms with Crippen LogP contribution in [0.1, 0.15) is 62.6 Å².